The van der Waals surface area contributed by atoms with Crippen LogP contribution in [0.5, 0.6) is 0 Å². The molecule has 0 aromatic heterocycles. The zero-order valence-corrected chi connectivity index (χ0v) is 19.6. The number of rotatable bonds is 12. The third kappa shape index (κ3) is 11.9. The highest BCUT2D eigenvalue weighted by Crippen LogP contribution is 2.06. The number of aliphatic imine (C=N–C) groups is 2. The number of carbonyl (C=O) groups excluding carboxylic acids is 1. The van der Waals surface area contributed by atoms with Crippen LogP contribution in [0.15, 0.2) is 70.6 Å². The Labute approximate surface area is 192 Å². The first-order chi connectivity index (χ1) is 15.3. The molecule has 8 heteroatoms. The molecule has 1 aliphatic heterocycles. The molecule has 0 radical (unpaired) electrons. The lowest BCUT2D eigenvalue weighted by Gasteiger charge is -2.23. The third-order valence-electron chi connectivity index (χ3n) is 4.57. The van der Waals surface area contributed by atoms with Gasteiger partial charge in [-0.25, -0.2) is 9.98 Å². The summed E-state index contributed by atoms with van der Waals surface area (Å²) in [6.07, 6.45) is 13.7. The first-order valence-corrected chi connectivity index (χ1v) is 10.9. The molecule has 1 aliphatic rings. The smallest absolute Gasteiger partial charge is 0.269 e. The van der Waals surface area contributed by atoms with Crippen molar-refractivity contribution in [3.63, 3.8) is 0 Å². The van der Waals surface area contributed by atoms with Crippen molar-refractivity contribution in [2.24, 2.45) is 15.7 Å². The van der Waals surface area contributed by atoms with Crippen LogP contribution in [-0.2, 0) is 9.53 Å². The Balaban J connectivity index is 2.51. The van der Waals surface area contributed by atoms with Crippen LogP contribution < -0.4 is 16.4 Å². The van der Waals surface area contributed by atoms with Crippen LogP contribution in [0.4, 0.5) is 0 Å². The summed E-state index contributed by atoms with van der Waals surface area (Å²) < 4.78 is 5.34. The minimum absolute atomic E-state index is 0.123. The fourth-order valence-corrected chi connectivity index (χ4v) is 2.70. The quantitative estimate of drug-likeness (QED) is 0.187. The van der Waals surface area contributed by atoms with Gasteiger partial charge in [-0.05, 0) is 44.9 Å². The fraction of sp³-hybridized carbons (Fsp3) is 0.458. The lowest BCUT2D eigenvalue weighted by atomic mass is 10.1. The van der Waals surface area contributed by atoms with Crippen molar-refractivity contribution in [3.05, 3.63) is 60.6 Å². The van der Waals surface area contributed by atoms with Crippen molar-refractivity contribution in [2.45, 2.75) is 46.1 Å². The number of amides is 1. The summed E-state index contributed by atoms with van der Waals surface area (Å²) in [7, 11) is 0. The SMILES string of the molecule is C=CN(/C=N\C(=C)C(=O)NC/C(C)=C/C=C\CC)C/C(C)=C\N=C(/N)NC1CCOCC1. The first-order valence-electron chi connectivity index (χ1n) is 10.9. The monoisotopic (exact) mass is 442 g/mol. The maximum absolute atomic E-state index is 12.2. The molecule has 8 nitrogen and oxygen atoms in total. The van der Waals surface area contributed by atoms with Crippen molar-refractivity contribution in [1.29, 1.82) is 0 Å². The Morgan fingerprint density at radius 2 is 2.00 bits per heavy atom. The van der Waals surface area contributed by atoms with Gasteiger partial charge in [0.15, 0.2) is 5.96 Å². The molecule has 1 amide bonds. The van der Waals surface area contributed by atoms with Gasteiger partial charge in [-0.15, -0.1) is 0 Å². The van der Waals surface area contributed by atoms with Gasteiger partial charge in [-0.1, -0.05) is 43.9 Å². The van der Waals surface area contributed by atoms with Gasteiger partial charge in [-0.3, -0.25) is 4.79 Å². The number of nitrogens with one attached hydrogen (secondary N) is 2. The number of hydrogen-bond acceptors (Lipinski definition) is 4. The van der Waals surface area contributed by atoms with E-state index < -0.39 is 0 Å². The van der Waals surface area contributed by atoms with E-state index in [0.717, 1.165) is 43.6 Å². The van der Waals surface area contributed by atoms with E-state index in [4.69, 9.17) is 10.5 Å². The molecule has 0 atom stereocenters. The van der Waals surface area contributed by atoms with Crippen LogP contribution in [0.25, 0.3) is 0 Å². The second kappa shape index (κ2) is 15.6. The molecule has 4 N–H and O–H groups in total. The van der Waals surface area contributed by atoms with E-state index in [9.17, 15) is 4.79 Å². The van der Waals surface area contributed by atoms with Crippen LogP contribution >= 0.6 is 0 Å². The van der Waals surface area contributed by atoms with Crippen molar-refractivity contribution in [1.82, 2.24) is 15.5 Å². The second-order valence-corrected chi connectivity index (χ2v) is 7.60. The summed E-state index contributed by atoms with van der Waals surface area (Å²) in [5.41, 5.74) is 8.07. The van der Waals surface area contributed by atoms with E-state index >= 15 is 0 Å². The molecule has 0 aromatic carbocycles. The number of hydrogen-bond donors (Lipinski definition) is 3. The molecule has 1 fully saturated rings. The van der Waals surface area contributed by atoms with Crippen molar-refractivity contribution >= 4 is 18.2 Å². The van der Waals surface area contributed by atoms with Gasteiger partial charge in [0.1, 0.15) is 5.70 Å². The molecule has 32 heavy (non-hydrogen) atoms. The second-order valence-electron chi connectivity index (χ2n) is 7.60. The standard InChI is InChI=1S/C24H38N6O2/c1-6-8-9-10-19(3)15-26-23(31)21(5)28-18-30(7-2)17-20(4)16-27-24(25)29-22-11-13-32-14-12-22/h7-10,16,18,22H,2,5-6,11-15,17H2,1,3-4H3,(H,26,31)(H3,25,27,29)/b9-8-,19-10+,20-16-,28-18-. The maximum atomic E-state index is 12.2. The molecule has 0 saturated carbocycles. The minimum Gasteiger partial charge on any atom is -0.381 e. The van der Waals surface area contributed by atoms with Gasteiger partial charge in [0.2, 0.25) is 0 Å². The topological polar surface area (TPSA) is 104 Å². The van der Waals surface area contributed by atoms with E-state index in [1.54, 1.807) is 17.3 Å². The summed E-state index contributed by atoms with van der Waals surface area (Å²) in [4.78, 5) is 22.3. The number of carbonyl (C=O) groups is 1. The molecule has 0 spiro atoms. The zero-order valence-electron chi connectivity index (χ0n) is 19.6. The summed E-state index contributed by atoms with van der Waals surface area (Å²) in [6.45, 7) is 15.9. The summed E-state index contributed by atoms with van der Waals surface area (Å²) >= 11 is 0. The summed E-state index contributed by atoms with van der Waals surface area (Å²) in [5, 5.41) is 6.01. The highest BCUT2D eigenvalue weighted by atomic mass is 16.5. The number of nitrogens with two attached hydrogens (primary N) is 1. The van der Waals surface area contributed by atoms with E-state index in [0.29, 0.717) is 25.1 Å². The summed E-state index contributed by atoms with van der Waals surface area (Å²) in [5.74, 6) is 0.0657. The Bertz CT molecular complexity index is 773. The van der Waals surface area contributed by atoms with E-state index in [1.165, 1.54) is 6.34 Å². The number of nitrogens with zero attached hydrogens (tertiary/aromatic N) is 3. The number of ether oxygens (including phenoxy) is 1. The van der Waals surface area contributed by atoms with Gasteiger partial charge in [-0.2, -0.15) is 0 Å². The van der Waals surface area contributed by atoms with Crippen LogP contribution in [0.3, 0.4) is 0 Å². The molecule has 1 rings (SSSR count). The molecule has 176 valence electrons. The predicted octanol–water partition coefficient (Wildman–Crippen LogP) is 2.99. The lowest BCUT2D eigenvalue weighted by Crippen LogP contribution is -2.42. The van der Waals surface area contributed by atoms with Gasteiger partial charge < -0.3 is 26.0 Å². The number of allylic oxidation sites excluding steroid dienone is 3. The van der Waals surface area contributed by atoms with Crippen molar-refractivity contribution in [2.75, 3.05) is 26.3 Å². The average Bonchev–Trinajstić information content (AvgIpc) is 2.79. The Morgan fingerprint density at radius 3 is 2.66 bits per heavy atom. The highest BCUT2D eigenvalue weighted by molar-refractivity contribution is 5.93. The largest absolute Gasteiger partial charge is 0.381 e. The van der Waals surface area contributed by atoms with E-state index in [1.807, 2.05) is 26.0 Å². The summed E-state index contributed by atoms with van der Waals surface area (Å²) in [6, 6.07) is 0.294. The van der Waals surface area contributed by atoms with Crippen molar-refractivity contribution in [3.8, 4) is 0 Å². The molecule has 0 aliphatic carbocycles. The van der Waals surface area contributed by atoms with Crippen LogP contribution in [0.2, 0.25) is 0 Å². The molecular weight excluding hydrogens is 404 g/mol. The third-order valence-corrected chi connectivity index (χ3v) is 4.57. The molecule has 0 unspecified atom stereocenters. The Hall–Kier alpha value is -3.13. The fourth-order valence-electron chi connectivity index (χ4n) is 2.70. The first kappa shape index (κ1) is 26.9. The minimum atomic E-state index is -0.318. The van der Waals surface area contributed by atoms with Crippen molar-refractivity contribution < 1.29 is 9.53 Å². The van der Waals surface area contributed by atoms with Crippen LogP contribution in [0.1, 0.15) is 40.0 Å². The normalized spacial score (nSPS) is 16.4. The Morgan fingerprint density at radius 1 is 1.28 bits per heavy atom. The van der Waals surface area contributed by atoms with Gasteiger partial charge >= 0.3 is 0 Å². The molecule has 0 aromatic rings. The average molecular weight is 443 g/mol. The number of guanidine groups is 1. The van der Waals surface area contributed by atoms with Crippen LogP contribution in [-0.4, -0.2) is 55.5 Å². The predicted molar refractivity (Wildman–Crippen MR) is 133 cm³/mol. The van der Waals surface area contributed by atoms with Gasteiger partial charge in [0.05, 0.1) is 6.34 Å². The van der Waals surface area contributed by atoms with Gasteiger partial charge in [0.25, 0.3) is 5.91 Å². The molecule has 0 bridgehead atoms. The Kier molecular flexibility index (Phi) is 13.1. The zero-order chi connectivity index (χ0) is 23.8. The molecular formula is C24H38N6O2. The molecule has 1 saturated heterocycles. The highest BCUT2D eigenvalue weighted by Gasteiger charge is 2.13. The van der Waals surface area contributed by atoms with E-state index in [-0.39, 0.29) is 11.6 Å². The van der Waals surface area contributed by atoms with Crippen LogP contribution in [0, 0.1) is 0 Å². The van der Waals surface area contributed by atoms with E-state index in [2.05, 4.69) is 46.8 Å². The maximum Gasteiger partial charge on any atom is 0.269 e. The molecule has 1 heterocycles. The van der Waals surface area contributed by atoms with Gasteiger partial charge in [0, 0.05) is 38.5 Å². The lowest BCUT2D eigenvalue weighted by molar-refractivity contribution is -0.117.